The van der Waals surface area contributed by atoms with Crippen LogP contribution in [0.1, 0.15) is 40.0 Å². The van der Waals surface area contributed by atoms with E-state index in [0.29, 0.717) is 11.5 Å². The fourth-order valence-corrected chi connectivity index (χ4v) is 3.73. The van der Waals surface area contributed by atoms with E-state index in [9.17, 15) is 4.79 Å². The largest absolute Gasteiger partial charge is 0.352 e. The van der Waals surface area contributed by atoms with Gasteiger partial charge in [-0.1, -0.05) is 20.8 Å². The lowest BCUT2D eigenvalue weighted by molar-refractivity contribution is -0.120. The molecule has 0 saturated heterocycles. The highest BCUT2D eigenvalue weighted by Gasteiger charge is 2.61. The van der Waals surface area contributed by atoms with Crippen molar-refractivity contribution in [3.05, 3.63) is 0 Å². The Morgan fingerprint density at radius 2 is 2.13 bits per heavy atom. The van der Waals surface area contributed by atoms with Gasteiger partial charge < -0.3 is 5.32 Å². The highest BCUT2D eigenvalue weighted by atomic mass is 35.5. The zero-order valence-corrected chi connectivity index (χ0v) is 10.5. The monoisotopic (exact) mass is 229 g/mol. The van der Waals surface area contributed by atoms with Crippen LogP contribution in [0.4, 0.5) is 0 Å². The van der Waals surface area contributed by atoms with Crippen LogP contribution < -0.4 is 5.32 Å². The van der Waals surface area contributed by atoms with Crippen LogP contribution in [0.15, 0.2) is 0 Å². The normalized spacial score (nSPS) is 41.9. The van der Waals surface area contributed by atoms with E-state index in [-0.39, 0.29) is 17.2 Å². The molecule has 2 bridgehead atoms. The van der Waals surface area contributed by atoms with Gasteiger partial charge in [-0.2, -0.15) is 0 Å². The molecule has 2 rings (SSSR count). The van der Waals surface area contributed by atoms with Crippen molar-refractivity contribution in [1.29, 1.82) is 0 Å². The first-order chi connectivity index (χ1) is 6.91. The van der Waals surface area contributed by atoms with Crippen molar-refractivity contribution in [1.82, 2.24) is 5.32 Å². The summed E-state index contributed by atoms with van der Waals surface area (Å²) in [5.41, 5.74) is 0.622. The summed E-state index contributed by atoms with van der Waals surface area (Å²) >= 11 is 5.54. The van der Waals surface area contributed by atoms with Gasteiger partial charge in [-0.15, -0.1) is 11.6 Å². The first kappa shape index (κ1) is 11.3. The number of carbonyl (C=O) groups is 1. The Kier molecular flexibility index (Phi) is 2.53. The highest BCUT2D eigenvalue weighted by Crippen LogP contribution is 2.65. The van der Waals surface area contributed by atoms with Crippen LogP contribution in [0, 0.1) is 16.7 Å². The fourth-order valence-electron chi connectivity index (χ4n) is 3.65. The number of hydrogen-bond acceptors (Lipinski definition) is 1. The van der Waals surface area contributed by atoms with Gasteiger partial charge in [-0.3, -0.25) is 4.79 Å². The Hall–Kier alpha value is -0.240. The molecule has 2 aliphatic carbocycles. The van der Waals surface area contributed by atoms with E-state index < -0.39 is 0 Å². The van der Waals surface area contributed by atoms with Crippen molar-refractivity contribution in [3.8, 4) is 0 Å². The highest BCUT2D eigenvalue weighted by molar-refractivity contribution is 6.27. The zero-order chi connectivity index (χ0) is 11.3. The van der Waals surface area contributed by atoms with Gasteiger partial charge in [0, 0.05) is 6.04 Å². The summed E-state index contributed by atoms with van der Waals surface area (Å²) in [7, 11) is 0. The Balaban J connectivity index is 2.15. The van der Waals surface area contributed by atoms with Crippen LogP contribution >= 0.6 is 11.6 Å². The Labute approximate surface area is 96.8 Å². The molecule has 15 heavy (non-hydrogen) atoms. The van der Waals surface area contributed by atoms with Crippen molar-refractivity contribution in [2.45, 2.75) is 46.1 Å². The summed E-state index contributed by atoms with van der Waals surface area (Å²) in [5.74, 6) is 0.826. The van der Waals surface area contributed by atoms with E-state index in [0.717, 1.165) is 12.3 Å². The Morgan fingerprint density at radius 3 is 2.53 bits per heavy atom. The van der Waals surface area contributed by atoms with Gasteiger partial charge in [-0.25, -0.2) is 0 Å². The predicted molar refractivity (Wildman–Crippen MR) is 61.9 cm³/mol. The van der Waals surface area contributed by atoms with Crippen molar-refractivity contribution in [3.63, 3.8) is 0 Å². The molecule has 3 atom stereocenters. The number of halogens is 1. The molecule has 1 N–H and O–H groups in total. The van der Waals surface area contributed by atoms with Gasteiger partial charge in [-0.05, 0) is 36.0 Å². The molecule has 0 aromatic carbocycles. The molecular weight excluding hydrogens is 210 g/mol. The minimum absolute atomic E-state index is 0.0220. The van der Waals surface area contributed by atoms with Crippen LogP contribution in [0.25, 0.3) is 0 Å². The van der Waals surface area contributed by atoms with Crippen molar-refractivity contribution < 1.29 is 4.79 Å². The maximum atomic E-state index is 11.4. The van der Waals surface area contributed by atoms with Gasteiger partial charge in [0.1, 0.15) is 5.88 Å². The molecule has 0 aliphatic heterocycles. The molecule has 2 nitrogen and oxygen atoms in total. The third kappa shape index (κ3) is 1.41. The van der Waals surface area contributed by atoms with Crippen molar-refractivity contribution in [2.75, 3.05) is 5.88 Å². The van der Waals surface area contributed by atoms with E-state index in [1.165, 1.54) is 12.8 Å². The Bertz CT molecular complexity index is 289. The molecule has 2 fully saturated rings. The van der Waals surface area contributed by atoms with E-state index in [1.807, 2.05) is 0 Å². The predicted octanol–water partition coefficient (Wildman–Crippen LogP) is 2.56. The smallest absolute Gasteiger partial charge is 0.235 e. The average molecular weight is 230 g/mol. The molecule has 0 radical (unpaired) electrons. The third-order valence-corrected chi connectivity index (χ3v) is 5.49. The standard InChI is InChI=1S/C12H20ClNO/c1-11(2)8-4-5-12(11,3)9(6-8)14-10(15)7-13/h8-9H,4-7H2,1-3H3,(H,14,15). The molecule has 0 spiro atoms. The number of rotatable bonds is 2. The quantitative estimate of drug-likeness (QED) is 0.725. The van der Waals surface area contributed by atoms with Gasteiger partial charge >= 0.3 is 0 Å². The molecular formula is C12H20ClNO. The second-order valence-electron chi connectivity index (χ2n) is 5.86. The average Bonchev–Trinajstić information content (AvgIpc) is 2.50. The molecule has 0 aromatic rings. The van der Waals surface area contributed by atoms with Gasteiger partial charge in [0.15, 0.2) is 0 Å². The number of fused-ring (bicyclic) bond motifs is 2. The van der Waals surface area contributed by atoms with Crippen LogP contribution in [-0.4, -0.2) is 17.8 Å². The zero-order valence-electron chi connectivity index (χ0n) is 9.77. The number of nitrogens with one attached hydrogen (secondary N) is 1. The number of carbonyl (C=O) groups excluding carboxylic acids is 1. The topological polar surface area (TPSA) is 29.1 Å². The lowest BCUT2D eigenvalue weighted by Crippen LogP contribution is -2.47. The third-order valence-electron chi connectivity index (χ3n) is 5.25. The maximum Gasteiger partial charge on any atom is 0.235 e. The molecule has 86 valence electrons. The first-order valence-corrected chi connectivity index (χ1v) is 6.30. The lowest BCUT2D eigenvalue weighted by atomic mass is 9.69. The minimum atomic E-state index is -0.0220. The second-order valence-corrected chi connectivity index (χ2v) is 6.13. The van der Waals surface area contributed by atoms with Crippen molar-refractivity contribution in [2.24, 2.45) is 16.7 Å². The van der Waals surface area contributed by atoms with Gasteiger partial charge in [0.05, 0.1) is 0 Å². The molecule has 2 aliphatic rings. The first-order valence-electron chi connectivity index (χ1n) is 5.77. The summed E-state index contributed by atoms with van der Waals surface area (Å²) in [5, 5.41) is 3.09. The van der Waals surface area contributed by atoms with Crippen LogP contribution in [0.5, 0.6) is 0 Å². The van der Waals surface area contributed by atoms with Crippen LogP contribution in [-0.2, 0) is 4.79 Å². The second kappa shape index (κ2) is 3.38. The lowest BCUT2D eigenvalue weighted by Gasteiger charge is -2.39. The molecule has 0 aromatic heterocycles. The number of amides is 1. The maximum absolute atomic E-state index is 11.4. The molecule has 1 amide bonds. The molecule has 3 unspecified atom stereocenters. The van der Waals surface area contributed by atoms with Crippen LogP contribution in [0.3, 0.4) is 0 Å². The number of hydrogen-bond donors (Lipinski definition) is 1. The van der Waals surface area contributed by atoms with E-state index in [4.69, 9.17) is 11.6 Å². The number of alkyl halides is 1. The van der Waals surface area contributed by atoms with Crippen molar-refractivity contribution >= 4 is 17.5 Å². The molecule has 2 saturated carbocycles. The van der Waals surface area contributed by atoms with Gasteiger partial charge in [0.2, 0.25) is 5.91 Å². The van der Waals surface area contributed by atoms with E-state index >= 15 is 0 Å². The summed E-state index contributed by atoms with van der Waals surface area (Å²) < 4.78 is 0. The van der Waals surface area contributed by atoms with Crippen LogP contribution in [0.2, 0.25) is 0 Å². The van der Waals surface area contributed by atoms with E-state index in [1.54, 1.807) is 0 Å². The minimum Gasteiger partial charge on any atom is -0.352 e. The van der Waals surface area contributed by atoms with E-state index in [2.05, 4.69) is 26.1 Å². The molecule has 3 heteroatoms. The Morgan fingerprint density at radius 1 is 1.47 bits per heavy atom. The summed E-state index contributed by atoms with van der Waals surface area (Å²) in [6, 6.07) is 0.331. The fraction of sp³-hybridized carbons (Fsp3) is 0.917. The molecule has 0 heterocycles. The summed E-state index contributed by atoms with van der Waals surface area (Å²) in [6.45, 7) is 7.01. The van der Waals surface area contributed by atoms with Gasteiger partial charge in [0.25, 0.3) is 0 Å². The summed E-state index contributed by atoms with van der Waals surface area (Å²) in [6.07, 6.45) is 3.68. The SMILES string of the molecule is CC1(C)C2CCC1(C)C(NC(=O)CCl)C2. The summed E-state index contributed by atoms with van der Waals surface area (Å²) in [4.78, 5) is 11.4.